The minimum absolute atomic E-state index is 0.0881. The van der Waals surface area contributed by atoms with Gasteiger partial charge >= 0.3 is 11.9 Å². The summed E-state index contributed by atoms with van der Waals surface area (Å²) in [5.74, 6) is -2.62. The van der Waals surface area contributed by atoms with E-state index in [4.69, 9.17) is 5.11 Å². The normalized spacial score (nSPS) is 18.7. The molecular weight excluding hydrogens is 534 g/mol. The molecule has 37 heavy (non-hydrogen) atoms. The Morgan fingerprint density at radius 3 is 2.46 bits per heavy atom. The van der Waals surface area contributed by atoms with Gasteiger partial charge in [0.1, 0.15) is 17.1 Å². The first-order valence-electron chi connectivity index (χ1n) is 11.0. The number of aromatic nitrogens is 1. The summed E-state index contributed by atoms with van der Waals surface area (Å²) < 4.78 is 0.603. The summed E-state index contributed by atoms with van der Waals surface area (Å²) in [5, 5.41) is 23.1. The highest BCUT2D eigenvalue weighted by Gasteiger charge is 2.54. The van der Waals surface area contributed by atoms with Crippen molar-refractivity contribution in [1.82, 2.24) is 15.2 Å². The van der Waals surface area contributed by atoms with E-state index >= 15 is 0 Å². The van der Waals surface area contributed by atoms with E-state index in [9.17, 15) is 24.3 Å². The Labute approximate surface area is 223 Å². The summed E-state index contributed by atoms with van der Waals surface area (Å²) in [6.45, 7) is 0. The number of rotatable bonds is 8. The third-order valence-electron chi connectivity index (χ3n) is 5.78. The quantitative estimate of drug-likeness (QED) is 0.358. The number of nitrogens with one attached hydrogen (secondary N) is 1. The number of hydrogen-bond donors (Lipinski definition) is 3. The Hall–Kier alpha value is -3.61. The van der Waals surface area contributed by atoms with Crippen LogP contribution in [0.3, 0.4) is 0 Å². The first-order chi connectivity index (χ1) is 17.8. The molecule has 3 aromatic rings. The van der Waals surface area contributed by atoms with Crippen molar-refractivity contribution >= 4 is 58.6 Å². The molecule has 188 valence electrons. The molecule has 0 aliphatic carbocycles. The number of carbonyl (C=O) groups is 4. The molecule has 2 aromatic carbocycles. The van der Waals surface area contributed by atoms with E-state index in [2.05, 4.69) is 10.3 Å². The van der Waals surface area contributed by atoms with Crippen molar-refractivity contribution in [3.05, 3.63) is 81.7 Å². The molecule has 0 bridgehead atoms. The SMILES string of the molecule is O=C(Cc1ccccc1)N[C@@H]1C(=O)N2C(C(=O)O)=C(Sc3nc(-c4ccc(C(=O)O)cc4)cs3)CS[C@@H]12. The van der Waals surface area contributed by atoms with Crippen LogP contribution in [0.25, 0.3) is 11.3 Å². The summed E-state index contributed by atoms with van der Waals surface area (Å²) in [6, 6.07) is 14.7. The van der Waals surface area contributed by atoms with Gasteiger partial charge in [-0.1, -0.05) is 54.2 Å². The van der Waals surface area contributed by atoms with E-state index in [1.54, 1.807) is 12.1 Å². The lowest BCUT2D eigenvalue weighted by Crippen LogP contribution is -2.70. The van der Waals surface area contributed by atoms with Gasteiger partial charge in [0.05, 0.1) is 17.7 Å². The number of thioether (sulfide) groups is 2. The maximum Gasteiger partial charge on any atom is 0.353 e. The third kappa shape index (κ3) is 5.13. The molecule has 3 N–H and O–H groups in total. The number of β-lactam (4-membered cyclic amide) rings is 1. The Balaban J connectivity index is 1.29. The third-order valence-corrected chi connectivity index (χ3v) is 9.27. The molecule has 5 rings (SSSR count). The fourth-order valence-electron chi connectivity index (χ4n) is 4.00. The van der Waals surface area contributed by atoms with Crippen LogP contribution in [0.15, 0.2) is 74.9 Å². The molecule has 2 aliphatic heterocycles. The highest BCUT2D eigenvalue weighted by molar-refractivity contribution is 8.07. The molecule has 3 heterocycles. The predicted octanol–water partition coefficient (Wildman–Crippen LogP) is 3.54. The molecule has 0 spiro atoms. The number of amides is 2. The lowest BCUT2D eigenvalue weighted by Gasteiger charge is -2.49. The van der Waals surface area contributed by atoms with Crippen LogP contribution in [0, 0.1) is 0 Å². The van der Waals surface area contributed by atoms with Gasteiger partial charge in [0, 0.05) is 21.6 Å². The number of nitrogens with zero attached hydrogens (tertiary/aromatic N) is 2. The topological polar surface area (TPSA) is 137 Å². The Morgan fingerprint density at radius 1 is 1.05 bits per heavy atom. The van der Waals surface area contributed by atoms with Gasteiger partial charge in [0.25, 0.3) is 5.91 Å². The number of fused-ring (bicyclic) bond motifs is 1. The van der Waals surface area contributed by atoms with E-state index in [1.807, 2.05) is 35.7 Å². The van der Waals surface area contributed by atoms with Gasteiger partial charge in [-0.05, 0) is 17.7 Å². The van der Waals surface area contributed by atoms with Crippen molar-refractivity contribution in [2.75, 3.05) is 5.75 Å². The minimum atomic E-state index is -1.21. The van der Waals surface area contributed by atoms with Crippen molar-refractivity contribution in [2.24, 2.45) is 0 Å². The molecule has 1 fully saturated rings. The van der Waals surface area contributed by atoms with E-state index in [-0.39, 0.29) is 23.6 Å². The number of benzene rings is 2. The van der Waals surface area contributed by atoms with Gasteiger partial charge in [0.15, 0.2) is 4.34 Å². The molecule has 0 saturated carbocycles. The van der Waals surface area contributed by atoms with Crippen LogP contribution in [0.4, 0.5) is 0 Å². The van der Waals surface area contributed by atoms with Gasteiger partial charge < -0.3 is 15.5 Å². The summed E-state index contributed by atoms with van der Waals surface area (Å²) in [5.41, 5.74) is 2.29. The van der Waals surface area contributed by atoms with Crippen LogP contribution in [-0.2, 0) is 20.8 Å². The van der Waals surface area contributed by atoms with Crippen LogP contribution in [0.1, 0.15) is 15.9 Å². The van der Waals surface area contributed by atoms with Gasteiger partial charge in [-0.15, -0.1) is 23.1 Å². The van der Waals surface area contributed by atoms with Crippen LogP contribution in [0.2, 0.25) is 0 Å². The zero-order valence-corrected chi connectivity index (χ0v) is 21.4. The fourth-order valence-corrected chi connectivity index (χ4v) is 7.46. The molecule has 0 unspecified atom stereocenters. The number of hydrogen-bond acceptors (Lipinski definition) is 8. The Morgan fingerprint density at radius 2 is 1.78 bits per heavy atom. The zero-order valence-electron chi connectivity index (χ0n) is 19.0. The summed E-state index contributed by atoms with van der Waals surface area (Å²) in [4.78, 5) is 54.9. The molecular formula is C25H19N3O6S3. The second kappa shape index (κ2) is 10.4. The second-order valence-corrected chi connectivity index (χ2v) is 11.5. The number of carbonyl (C=O) groups excluding carboxylic acids is 2. The van der Waals surface area contributed by atoms with Crippen LogP contribution < -0.4 is 5.32 Å². The molecule has 9 nitrogen and oxygen atoms in total. The molecule has 1 aromatic heterocycles. The summed E-state index contributed by atoms with van der Waals surface area (Å²) >= 11 is 3.92. The van der Waals surface area contributed by atoms with Crippen molar-refractivity contribution in [3.63, 3.8) is 0 Å². The minimum Gasteiger partial charge on any atom is -0.478 e. The monoisotopic (exact) mass is 553 g/mol. The highest BCUT2D eigenvalue weighted by atomic mass is 32.2. The highest BCUT2D eigenvalue weighted by Crippen LogP contribution is 2.46. The zero-order chi connectivity index (χ0) is 26.1. The van der Waals surface area contributed by atoms with Crippen molar-refractivity contribution in [2.45, 2.75) is 22.2 Å². The first kappa shape index (κ1) is 25.1. The van der Waals surface area contributed by atoms with E-state index in [0.717, 1.165) is 11.1 Å². The maximum absolute atomic E-state index is 12.9. The summed E-state index contributed by atoms with van der Waals surface area (Å²) in [7, 11) is 0. The number of carboxylic acid groups (broad SMARTS) is 2. The first-order valence-corrected chi connectivity index (χ1v) is 13.8. The Kier molecular flexibility index (Phi) is 7.04. The fraction of sp³-hybridized carbons (Fsp3) is 0.160. The van der Waals surface area contributed by atoms with Crippen LogP contribution in [0.5, 0.6) is 0 Å². The van der Waals surface area contributed by atoms with Crippen molar-refractivity contribution < 1.29 is 29.4 Å². The standard InChI is InChI=1S/C25H19N3O6S3/c29-18(10-13-4-2-1-3-5-13)27-19-21(30)28-20(24(33)34)17(12-35-22(19)28)37-25-26-16(11-36-25)14-6-8-15(9-7-14)23(31)32/h1-9,11,19,22H,10,12H2,(H,27,29)(H,31,32)(H,33,34)/t19-,22+/m1/s1. The van der Waals surface area contributed by atoms with Crippen LogP contribution >= 0.6 is 34.9 Å². The van der Waals surface area contributed by atoms with E-state index < -0.39 is 29.3 Å². The van der Waals surface area contributed by atoms with Gasteiger partial charge in [-0.3, -0.25) is 14.5 Å². The molecule has 0 radical (unpaired) electrons. The van der Waals surface area contributed by atoms with E-state index in [0.29, 0.717) is 20.7 Å². The van der Waals surface area contributed by atoms with Crippen LogP contribution in [-0.4, -0.2) is 61.0 Å². The van der Waals surface area contributed by atoms with E-state index in [1.165, 1.54) is 51.9 Å². The average Bonchev–Trinajstić information content (AvgIpc) is 3.36. The van der Waals surface area contributed by atoms with Crippen molar-refractivity contribution in [3.8, 4) is 11.3 Å². The number of aliphatic carboxylic acids is 1. The lowest BCUT2D eigenvalue weighted by atomic mass is 10.0. The number of thiazole rings is 1. The Bertz CT molecular complexity index is 1420. The molecule has 12 heteroatoms. The largest absolute Gasteiger partial charge is 0.478 e. The maximum atomic E-state index is 12.9. The molecule has 2 atom stereocenters. The van der Waals surface area contributed by atoms with Gasteiger partial charge in [-0.2, -0.15) is 0 Å². The van der Waals surface area contributed by atoms with Gasteiger partial charge in [-0.25, -0.2) is 14.6 Å². The van der Waals surface area contributed by atoms with Crippen molar-refractivity contribution in [1.29, 1.82) is 0 Å². The second-order valence-electron chi connectivity index (χ2n) is 8.18. The smallest absolute Gasteiger partial charge is 0.353 e. The average molecular weight is 554 g/mol. The summed E-state index contributed by atoms with van der Waals surface area (Å²) in [6.07, 6.45) is 0.135. The van der Waals surface area contributed by atoms with Gasteiger partial charge in [0.2, 0.25) is 5.91 Å². The number of aromatic carboxylic acids is 1. The predicted molar refractivity (Wildman–Crippen MR) is 140 cm³/mol. The molecule has 2 amide bonds. The molecule has 2 aliphatic rings. The number of carboxylic acids is 2. The molecule has 1 saturated heterocycles. The lowest BCUT2D eigenvalue weighted by molar-refractivity contribution is -0.150.